The van der Waals surface area contributed by atoms with Crippen molar-refractivity contribution >= 4 is 33.6 Å². The molecule has 0 aromatic heterocycles. The van der Waals surface area contributed by atoms with E-state index in [0.717, 1.165) is 28.8 Å². The standard InChI is InChI=1S/C12H14BrNOS/c1-14-8-2-3-11(12(14)15)16-10-6-4-9(13)5-7-10/h4-7,11H,2-3,8H2,1H3. The maximum Gasteiger partial charge on any atom is 0.235 e. The van der Waals surface area contributed by atoms with Crippen LogP contribution in [0.2, 0.25) is 0 Å². The van der Waals surface area contributed by atoms with E-state index < -0.39 is 0 Å². The molecule has 1 saturated heterocycles. The highest BCUT2D eigenvalue weighted by molar-refractivity contribution is 9.10. The van der Waals surface area contributed by atoms with Crippen LogP contribution >= 0.6 is 27.7 Å². The SMILES string of the molecule is CN1CCCC(Sc2ccc(Br)cc2)C1=O. The van der Waals surface area contributed by atoms with Gasteiger partial charge >= 0.3 is 0 Å². The normalized spacial score (nSPS) is 21.2. The highest BCUT2D eigenvalue weighted by Crippen LogP contribution is 2.30. The zero-order chi connectivity index (χ0) is 11.5. The van der Waals surface area contributed by atoms with Gasteiger partial charge in [-0.15, -0.1) is 11.8 Å². The minimum atomic E-state index is 0.0972. The van der Waals surface area contributed by atoms with E-state index >= 15 is 0 Å². The van der Waals surface area contributed by atoms with Gasteiger partial charge in [-0.3, -0.25) is 4.79 Å². The number of halogens is 1. The van der Waals surface area contributed by atoms with Crippen LogP contribution in [0.15, 0.2) is 33.6 Å². The lowest BCUT2D eigenvalue weighted by Gasteiger charge is -2.28. The summed E-state index contributed by atoms with van der Waals surface area (Å²) in [6.45, 7) is 0.899. The maximum atomic E-state index is 11.9. The Morgan fingerprint density at radius 3 is 2.75 bits per heavy atom. The van der Waals surface area contributed by atoms with Gasteiger partial charge in [0, 0.05) is 23.0 Å². The second kappa shape index (κ2) is 5.23. The van der Waals surface area contributed by atoms with Gasteiger partial charge in [0.1, 0.15) is 0 Å². The van der Waals surface area contributed by atoms with E-state index in [9.17, 15) is 4.79 Å². The van der Waals surface area contributed by atoms with E-state index in [4.69, 9.17) is 0 Å². The van der Waals surface area contributed by atoms with Gasteiger partial charge in [0.2, 0.25) is 5.91 Å². The fourth-order valence-corrected chi connectivity index (χ4v) is 3.23. The van der Waals surface area contributed by atoms with Crippen LogP contribution < -0.4 is 0 Å². The van der Waals surface area contributed by atoms with Gasteiger partial charge in [-0.05, 0) is 37.1 Å². The van der Waals surface area contributed by atoms with Crippen LogP contribution in [-0.4, -0.2) is 29.6 Å². The van der Waals surface area contributed by atoms with Crippen molar-refractivity contribution in [3.8, 4) is 0 Å². The van der Waals surface area contributed by atoms with Crippen molar-refractivity contribution in [3.63, 3.8) is 0 Å². The molecule has 1 aliphatic rings. The summed E-state index contributed by atoms with van der Waals surface area (Å²) in [6.07, 6.45) is 2.10. The molecule has 1 heterocycles. The van der Waals surface area contributed by atoms with Crippen molar-refractivity contribution in [2.45, 2.75) is 23.0 Å². The van der Waals surface area contributed by atoms with Gasteiger partial charge < -0.3 is 4.90 Å². The van der Waals surface area contributed by atoms with Crippen molar-refractivity contribution in [3.05, 3.63) is 28.7 Å². The van der Waals surface area contributed by atoms with Crippen LogP contribution in [0.3, 0.4) is 0 Å². The van der Waals surface area contributed by atoms with Gasteiger partial charge in [0.05, 0.1) is 5.25 Å². The predicted molar refractivity (Wildman–Crippen MR) is 70.7 cm³/mol. The van der Waals surface area contributed by atoms with Crippen LogP contribution in [0.5, 0.6) is 0 Å². The van der Waals surface area contributed by atoms with Gasteiger partial charge in [0.25, 0.3) is 0 Å². The maximum absolute atomic E-state index is 11.9. The molecule has 0 N–H and O–H groups in total. The summed E-state index contributed by atoms with van der Waals surface area (Å²) in [5, 5.41) is 0.0972. The fourth-order valence-electron chi connectivity index (χ4n) is 1.78. The number of benzene rings is 1. The summed E-state index contributed by atoms with van der Waals surface area (Å²) in [7, 11) is 1.89. The van der Waals surface area contributed by atoms with Crippen molar-refractivity contribution < 1.29 is 4.79 Å². The molecule has 2 rings (SSSR count). The lowest BCUT2D eigenvalue weighted by molar-refractivity contribution is -0.131. The minimum absolute atomic E-state index is 0.0972. The summed E-state index contributed by atoms with van der Waals surface area (Å²) in [6, 6.07) is 8.13. The van der Waals surface area contributed by atoms with Crippen molar-refractivity contribution in [2.24, 2.45) is 0 Å². The van der Waals surface area contributed by atoms with E-state index in [1.165, 1.54) is 0 Å². The minimum Gasteiger partial charge on any atom is -0.345 e. The second-order valence-corrected chi connectivity index (χ2v) is 6.15. The second-order valence-electron chi connectivity index (χ2n) is 3.96. The Bertz CT molecular complexity index is 379. The summed E-state index contributed by atoms with van der Waals surface area (Å²) in [4.78, 5) is 14.9. The number of piperidine rings is 1. The number of carbonyl (C=O) groups is 1. The first kappa shape index (κ1) is 12.0. The summed E-state index contributed by atoms with van der Waals surface area (Å²) < 4.78 is 1.07. The molecule has 0 saturated carbocycles. The first-order chi connectivity index (χ1) is 7.66. The third-order valence-electron chi connectivity index (χ3n) is 2.70. The molecule has 0 spiro atoms. The van der Waals surface area contributed by atoms with E-state index in [-0.39, 0.29) is 11.2 Å². The van der Waals surface area contributed by atoms with Gasteiger partial charge in [-0.25, -0.2) is 0 Å². The molecule has 1 atom stereocenters. The van der Waals surface area contributed by atoms with Gasteiger partial charge in [-0.2, -0.15) is 0 Å². The topological polar surface area (TPSA) is 20.3 Å². The quantitative estimate of drug-likeness (QED) is 0.836. The predicted octanol–water partition coefficient (Wildman–Crippen LogP) is 3.16. The number of hydrogen-bond acceptors (Lipinski definition) is 2. The van der Waals surface area contributed by atoms with Gasteiger partial charge in [0.15, 0.2) is 0 Å². The molecular weight excluding hydrogens is 286 g/mol. The van der Waals surface area contributed by atoms with Crippen LogP contribution in [0.25, 0.3) is 0 Å². The zero-order valence-electron chi connectivity index (χ0n) is 9.15. The molecule has 1 fully saturated rings. The Kier molecular flexibility index (Phi) is 3.92. The van der Waals surface area contributed by atoms with E-state index in [2.05, 4.69) is 28.1 Å². The number of amides is 1. The highest BCUT2D eigenvalue weighted by atomic mass is 79.9. The Hall–Kier alpha value is -0.480. The molecule has 1 amide bonds. The lowest BCUT2D eigenvalue weighted by Crippen LogP contribution is -2.39. The molecule has 1 unspecified atom stereocenters. The Balaban J connectivity index is 2.03. The first-order valence-corrected chi connectivity index (χ1v) is 7.01. The molecule has 2 nitrogen and oxygen atoms in total. The van der Waals surface area contributed by atoms with E-state index in [1.54, 1.807) is 11.8 Å². The molecule has 0 bridgehead atoms. The van der Waals surface area contributed by atoms with Crippen molar-refractivity contribution in [1.29, 1.82) is 0 Å². The average Bonchev–Trinajstić information content (AvgIpc) is 2.28. The van der Waals surface area contributed by atoms with Crippen LogP contribution in [-0.2, 0) is 4.79 Å². The number of hydrogen-bond donors (Lipinski definition) is 0. The van der Waals surface area contributed by atoms with Crippen LogP contribution in [0.4, 0.5) is 0 Å². The van der Waals surface area contributed by atoms with E-state index in [1.807, 2.05) is 24.1 Å². The number of rotatable bonds is 2. The van der Waals surface area contributed by atoms with Crippen molar-refractivity contribution in [1.82, 2.24) is 4.90 Å². The molecule has 16 heavy (non-hydrogen) atoms. The number of nitrogens with zero attached hydrogens (tertiary/aromatic N) is 1. The van der Waals surface area contributed by atoms with Crippen molar-refractivity contribution in [2.75, 3.05) is 13.6 Å². The molecular formula is C12H14BrNOS. The van der Waals surface area contributed by atoms with Crippen LogP contribution in [0.1, 0.15) is 12.8 Å². The molecule has 1 aliphatic heterocycles. The Morgan fingerprint density at radius 1 is 1.38 bits per heavy atom. The largest absolute Gasteiger partial charge is 0.345 e. The summed E-state index contributed by atoms with van der Waals surface area (Å²) in [5.74, 6) is 0.263. The molecule has 0 radical (unpaired) electrons. The first-order valence-electron chi connectivity index (χ1n) is 5.34. The molecule has 86 valence electrons. The van der Waals surface area contributed by atoms with Gasteiger partial charge in [-0.1, -0.05) is 15.9 Å². The summed E-state index contributed by atoms with van der Waals surface area (Å²) in [5.41, 5.74) is 0. The third-order valence-corrected chi connectivity index (χ3v) is 4.50. The van der Waals surface area contributed by atoms with E-state index in [0.29, 0.717) is 0 Å². The Labute approximate surface area is 109 Å². The number of carbonyl (C=O) groups excluding carboxylic acids is 1. The fraction of sp³-hybridized carbons (Fsp3) is 0.417. The monoisotopic (exact) mass is 299 g/mol. The third kappa shape index (κ3) is 2.80. The smallest absolute Gasteiger partial charge is 0.235 e. The molecule has 1 aromatic carbocycles. The lowest BCUT2D eigenvalue weighted by atomic mass is 10.1. The molecule has 1 aromatic rings. The molecule has 0 aliphatic carbocycles. The molecule has 4 heteroatoms. The number of likely N-dealkylation sites (tertiary alicyclic amines) is 1. The highest BCUT2D eigenvalue weighted by Gasteiger charge is 2.26. The summed E-state index contributed by atoms with van der Waals surface area (Å²) >= 11 is 5.08. The Morgan fingerprint density at radius 2 is 2.06 bits per heavy atom. The zero-order valence-corrected chi connectivity index (χ0v) is 11.6. The number of thioether (sulfide) groups is 1. The average molecular weight is 300 g/mol. The van der Waals surface area contributed by atoms with Crippen LogP contribution in [0, 0.1) is 0 Å².